The number of nitrogens with zero attached hydrogens (tertiary/aromatic N) is 3. The van der Waals surface area contributed by atoms with Gasteiger partial charge in [0.05, 0.1) is 5.71 Å². The Morgan fingerprint density at radius 1 is 0.733 bits per heavy atom. The molecular weight excluding hydrogens is 382 g/mol. The molecule has 1 saturated carbocycles. The Bertz CT molecular complexity index is 986. The molecule has 0 spiro atoms. The highest BCUT2D eigenvalue weighted by Crippen LogP contribution is 2.30. The van der Waals surface area contributed by atoms with E-state index in [0.717, 1.165) is 11.3 Å². The second-order valence-corrected chi connectivity index (χ2v) is 11.4. The topological polar surface area (TPSA) is 28.5 Å². The summed E-state index contributed by atoms with van der Waals surface area (Å²) < 4.78 is 8.32. The summed E-state index contributed by atoms with van der Waals surface area (Å²) in [5, 5.41) is 2.69. The first kappa shape index (κ1) is 19.0. The smallest absolute Gasteiger partial charge is 0.349 e. The molecule has 0 N–H and O–H groups in total. The zero-order chi connectivity index (χ0) is 20.2. The summed E-state index contributed by atoms with van der Waals surface area (Å²) in [7, 11) is -2.58. The zero-order valence-corrected chi connectivity index (χ0v) is 18.2. The average Bonchev–Trinajstić information content (AvgIpc) is 2.86. The van der Waals surface area contributed by atoms with Gasteiger partial charge in [0.1, 0.15) is 0 Å². The molecule has 1 aromatic heterocycles. The average molecular weight is 410 g/mol. The van der Waals surface area contributed by atoms with Gasteiger partial charge >= 0.3 is 8.40 Å². The lowest BCUT2D eigenvalue weighted by molar-refractivity contribution is 0.304. The van der Waals surface area contributed by atoms with Crippen LogP contribution < -0.4 is 10.4 Å². The fourth-order valence-electron chi connectivity index (χ4n) is 4.89. The van der Waals surface area contributed by atoms with E-state index < -0.39 is 8.40 Å². The quantitative estimate of drug-likeness (QED) is 0.602. The normalized spacial score (nSPS) is 18.8. The third kappa shape index (κ3) is 3.41. The van der Waals surface area contributed by atoms with Crippen molar-refractivity contribution in [3.8, 4) is 0 Å². The molecule has 2 heterocycles. The molecule has 30 heavy (non-hydrogen) atoms. The Kier molecular flexibility index (Phi) is 5.32. The van der Waals surface area contributed by atoms with Crippen LogP contribution in [0.2, 0.25) is 0 Å². The van der Waals surface area contributed by atoms with Crippen LogP contribution in [0.4, 0.5) is 0 Å². The fraction of sp³-hybridized carbons (Fsp3) is 0.231. The Morgan fingerprint density at radius 2 is 1.33 bits per heavy atom. The van der Waals surface area contributed by atoms with Crippen molar-refractivity contribution in [3.63, 3.8) is 0 Å². The lowest BCUT2D eigenvalue weighted by atomic mass is 9.95. The Labute approximate surface area is 180 Å². The summed E-state index contributed by atoms with van der Waals surface area (Å²) in [4.78, 5) is 4.20. The van der Waals surface area contributed by atoms with Crippen molar-refractivity contribution in [2.45, 2.75) is 38.1 Å². The van der Waals surface area contributed by atoms with Crippen LogP contribution in [0, 0.1) is 0 Å². The van der Waals surface area contributed by atoms with Gasteiger partial charge in [-0.05, 0) is 47.6 Å². The molecule has 0 radical (unpaired) electrons. The molecule has 0 atom stereocenters. The third-order valence-electron chi connectivity index (χ3n) is 6.35. The number of hydrogen-bond acceptors (Lipinski definition) is 3. The van der Waals surface area contributed by atoms with E-state index in [0.29, 0.717) is 6.04 Å². The molecule has 1 fully saturated rings. The number of allylic oxidation sites excluding steroid dienone is 1. The second-order valence-electron chi connectivity index (χ2n) is 8.15. The van der Waals surface area contributed by atoms with Crippen molar-refractivity contribution in [3.05, 3.63) is 103 Å². The minimum Gasteiger partial charge on any atom is -0.376 e. The van der Waals surface area contributed by atoms with Gasteiger partial charge in [0.15, 0.2) is 0 Å². The summed E-state index contributed by atoms with van der Waals surface area (Å²) in [6.07, 6.45) is 14.7. The van der Waals surface area contributed by atoms with Crippen molar-refractivity contribution >= 4 is 24.5 Å². The van der Waals surface area contributed by atoms with Gasteiger partial charge < -0.3 is 4.57 Å². The van der Waals surface area contributed by atoms with Crippen LogP contribution in [-0.2, 0) is 0 Å². The first-order chi connectivity index (χ1) is 14.9. The number of pyridine rings is 1. The van der Waals surface area contributed by atoms with Crippen LogP contribution in [0.1, 0.15) is 37.7 Å². The number of rotatable bonds is 4. The lowest BCUT2D eigenvalue weighted by Crippen LogP contribution is -2.71. The highest BCUT2D eigenvalue weighted by atomic mass is 28.3. The molecule has 2 aliphatic rings. The Hall–Kier alpha value is -2.98. The maximum atomic E-state index is 5.65. The molecule has 5 rings (SSSR count). The number of hydrogen-bond donors (Lipinski definition) is 0. The summed E-state index contributed by atoms with van der Waals surface area (Å²) in [5.41, 5.74) is 2.19. The molecule has 4 heteroatoms. The predicted octanol–water partition coefficient (Wildman–Crippen LogP) is 4.29. The van der Waals surface area contributed by atoms with E-state index in [1.807, 2.05) is 12.4 Å². The fourth-order valence-corrected chi connectivity index (χ4v) is 9.14. The van der Waals surface area contributed by atoms with Crippen LogP contribution in [-0.4, -0.2) is 29.7 Å². The highest BCUT2D eigenvalue weighted by molar-refractivity contribution is 7.00. The Morgan fingerprint density at radius 3 is 1.93 bits per heavy atom. The molecule has 3 aromatic rings. The van der Waals surface area contributed by atoms with Gasteiger partial charge in [0, 0.05) is 24.0 Å². The van der Waals surface area contributed by atoms with Gasteiger partial charge in [-0.25, -0.2) is 0 Å². The second kappa shape index (κ2) is 8.40. The van der Waals surface area contributed by atoms with Crippen LogP contribution in [0.25, 0.3) is 0 Å². The van der Waals surface area contributed by atoms with E-state index in [1.165, 1.54) is 42.5 Å². The number of benzene rings is 2. The van der Waals surface area contributed by atoms with E-state index in [-0.39, 0.29) is 0 Å². The predicted molar refractivity (Wildman–Crippen MR) is 127 cm³/mol. The van der Waals surface area contributed by atoms with Gasteiger partial charge in [0.25, 0.3) is 0 Å². The van der Waals surface area contributed by atoms with Crippen molar-refractivity contribution in [1.29, 1.82) is 0 Å². The number of aromatic nitrogens is 1. The van der Waals surface area contributed by atoms with Gasteiger partial charge in [-0.15, -0.1) is 0 Å². The van der Waals surface area contributed by atoms with Gasteiger partial charge in [-0.3, -0.25) is 9.64 Å². The largest absolute Gasteiger partial charge is 0.376 e. The van der Waals surface area contributed by atoms with Gasteiger partial charge in [0.2, 0.25) is 0 Å². The summed E-state index contributed by atoms with van der Waals surface area (Å²) in [5.74, 6) is 0. The molecule has 1 aliphatic heterocycles. The van der Waals surface area contributed by atoms with Crippen LogP contribution >= 0.6 is 0 Å². The van der Waals surface area contributed by atoms with Gasteiger partial charge in [-0.1, -0.05) is 79.9 Å². The van der Waals surface area contributed by atoms with Gasteiger partial charge in [-0.2, -0.15) is 0 Å². The molecule has 150 valence electrons. The minimum atomic E-state index is -2.58. The van der Waals surface area contributed by atoms with E-state index >= 15 is 0 Å². The van der Waals surface area contributed by atoms with E-state index in [9.17, 15) is 0 Å². The molecule has 1 aliphatic carbocycles. The minimum absolute atomic E-state index is 0.546. The standard InChI is InChI=1S/C26H27N3Si/c1-4-10-23(11-5-1)29-21-18-26(22-16-19-27-20-17-22)28-30(29,24-12-6-2-7-13-24)25-14-8-3-9-15-25/h2-3,6-9,12-21,23H,1,4-5,10-11H2. The summed E-state index contributed by atoms with van der Waals surface area (Å²) in [6, 6.07) is 26.6. The van der Waals surface area contributed by atoms with Crippen molar-refractivity contribution in [1.82, 2.24) is 9.55 Å². The van der Waals surface area contributed by atoms with E-state index in [2.05, 4.69) is 94.6 Å². The van der Waals surface area contributed by atoms with Crippen molar-refractivity contribution in [2.24, 2.45) is 4.66 Å². The van der Waals surface area contributed by atoms with Crippen LogP contribution in [0.15, 0.2) is 102 Å². The molecule has 3 nitrogen and oxygen atoms in total. The van der Waals surface area contributed by atoms with E-state index in [4.69, 9.17) is 4.66 Å². The molecule has 0 amide bonds. The van der Waals surface area contributed by atoms with Crippen LogP contribution in [0.5, 0.6) is 0 Å². The molecule has 2 aromatic carbocycles. The molecule has 0 saturated heterocycles. The summed E-state index contributed by atoms with van der Waals surface area (Å²) in [6.45, 7) is 0. The first-order valence-electron chi connectivity index (χ1n) is 11.0. The maximum absolute atomic E-state index is 5.65. The zero-order valence-electron chi connectivity index (χ0n) is 17.2. The monoisotopic (exact) mass is 409 g/mol. The lowest BCUT2D eigenvalue weighted by Gasteiger charge is -2.47. The SMILES string of the molecule is C1=CN(C2CCCCC2)[Si](c2ccccc2)(c2ccccc2)N=C1c1ccncc1. The highest BCUT2D eigenvalue weighted by Gasteiger charge is 2.48. The summed E-state index contributed by atoms with van der Waals surface area (Å²) >= 11 is 0. The molecular formula is C26H27N3Si. The first-order valence-corrected chi connectivity index (χ1v) is 12.9. The van der Waals surface area contributed by atoms with Crippen LogP contribution in [0.3, 0.4) is 0 Å². The third-order valence-corrected chi connectivity index (χ3v) is 10.4. The molecule has 0 unspecified atom stereocenters. The van der Waals surface area contributed by atoms with Crippen molar-refractivity contribution < 1.29 is 0 Å². The van der Waals surface area contributed by atoms with Crippen molar-refractivity contribution in [2.75, 3.05) is 0 Å². The maximum Gasteiger partial charge on any atom is 0.349 e. The van der Waals surface area contributed by atoms with E-state index in [1.54, 1.807) is 0 Å². The molecule has 0 bridgehead atoms. The Balaban J connectivity index is 1.74.